The number of amides is 1. The highest BCUT2D eigenvalue weighted by atomic mass is 16.6. The van der Waals surface area contributed by atoms with Crippen LogP contribution < -0.4 is 14.8 Å². The Morgan fingerprint density at radius 2 is 2.17 bits per heavy atom. The monoisotopic (exact) mass is 331 g/mol. The first-order valence-electron chi connectivity index (χ1n) is 7.90. The largest absolute Gasteiger partial charge is 0.486 e. The van der Waals surface area contributed by atoms with Crippen LogP contribution in [0.2, 0.25) is 0 Å². The van der Waals surface area contributed by atoms with Gasteiger partial charge in [-0.1, -0.05) is 17.3 Å². The Balaban J connectivity index is 1.41. The fourth-order valence-electron chi connectivity index (χ4n) is 2.52. The lowest BCUT2D eigenvalue weighted by atomic mass is 10.2. The van der Waals surface area contributed by atoms with E-state index in [1.165, 1.54) is 0 Å². The molecule has 0 saturated heterocycles. The summed E-state index contributed by atoms with van der Waals surface area (Å²) in [6.45, 7) is 3.58. The summed E-state index contributed by atoms with van der Waals surface area (Å²) in [5, 5.41) is 6.45. The molecule has 1 aliphatic heterocycles. The zero-order valence-electron chi connectivity index (χ0n) is 13.8. The highest BCUT2D eigenvalue weighted by Crippen LogP contribution is 2.30. The van der Waals surface area contributed by atoms with E-state index < -0.39 is 0 Å². The van der Waals surface area contributed by atoms with Crippen LogP contribution >= 0.6 is 0 Å². The second-order valence-electron chi connectivity index (χ2n) is 5.88. The van der Waals surface area contributed by atoms with Gasteiger partial charge in [0.05, 0.1) is 0 Å². The molecule has 3 rings (SSSR count). The number of aryl methyl sites for hydroxylation is 1. The molecule has 0 aliphatic carbocycles. The van der Waals surface area contributed by atoms with Gasteiger partial charge in [-0.2, -0.15) is 0 Å². The number of hydrogen-bond donors (Lipinski definition) is 1. The van der Waals surface area contributed by atoms with Crippen molar-refractivity contribution in [3.8, 4) is 11.5 Å². The van der Waals surface area contributed by atoms with E-state index in [9.17, 15) is 4.79 Å². The Labute approximate surface area is 140 Å². The minimum Gasteiger partial charge on any atom is -0.486 e. The number of hydrogen-bond acceptors (Lipinski definition) is 6. The van der Waals surface area contributed by atoms with E-state index >= 15 is 0 Å². The van der Waals surface area contributed by atoms with Crippen LogP contribution in [0.1, 0.15) is 12.2 Å². The second kappa shape index (κ2) is 7.35. The number of para-hydroxylation sites is 2. The molecule has 7 heteroatoms. The molecule has 2 heterocycles. The van der Waals surface area contributed by atoms with E-state index in [1.54, 1.807) is 13.0 Å². The van der Waals surface area contributed by atoms with E-state index in [2.05, 4.69) is 15.4 Å². The van der Waals surface area contributed by atoms with Crippen LogP contribution in [0.4, 0.5) is 5.82 Å². The Hall–Kier alpha value is -2.54. The number of carbonyl (C=O) groups excluding carboxylic acids is 1. The lowest BCUT2D eigenvalue weighted by molar-refractivity contribution is -0.116. The average Bonchev–Trinajstić information content (AvgIpc) is 2.98. The minimum absolute atomic E-state index is 0.0499. The van der Waals surface area contributed by atoms with Gasteiger partial charge in [0, 0.05) is 25.6 Å². The van der Waals surface area contributed by atoms with Crippen molar-refractivity contribution in [3.63, 3.8) is 0 Å². The van der Waals surface area contributed by atoms with Crippen molar-refractivity contribution in [1.29, 1.82) is 0 Å². The molecule has 1 N–H and O–H groups in total. The maximum atomic E-state index is 11.9. The number of aromatic nitrogens is 1. The summed E-state index contributed by atoms with van der Waals surface area (Å²) in [5.41, 5.74) is 0. The van der Waals surface area contributed by atoms with Gasteiger partial charge in [0.15, 0.2) is 17.3 Å². The van der Waals surface area contributed by atoms with E-state index in [4.69, 9.17) is 14.0 Å². The lowest BCUT2D eigenvalue weighted by Gasteiger charge is -2.29. The topological polar surface area (TPSA) is 76.8 Å². The number of likely N-dealkylation sites (N-methyl/N-ethyl adjacent to an activating group) is 1. The molecule has 0 unspecified atom stereocenters. The molecule has 24 heavy (non-hydrogen) atoms. The third-order valence-electron chi connectivity index (χ3n) is 3.70. The molecule has 1 aromatic heterocycles. The molecule has 1 aromatic carbocycles. The van der Waals surface area contributed by atoms with Gasteiger partial charge in [-0.05, 0) is 26.1 Å². The smallest absolute Gasteiger partial charge is 0.226 e. The summed E-state index contributed by atoms with van der Waals surface area (Å²) in [7, 11) is 1.96. The quantitative estimate of drug-likeness (QED) is 0.873. The molecule has 0 bridgehead atoms. The number of anilines is 1. The maximum absolute atomic E-state index is 11.9. The Bertz CT molecular complexity index is 701. The van der Waals surface area contributed by atoms with E-state index in [0.29, 0.717) is 37.7 Å². The second-order valence-corrected chi connectivity index (χ2v) is 5.88. The molecule has 1 amide bonds. The van der Waals surface area contributed by atoms with Crippen LogP contribution in [0.15, 0.2) is 34.9 Å². The molecular formula is C17H21N3O4. The van der Waals surface area contributed by atoms with E-state index in [0.717, 1.165) is 11.5 Å². The molecule has 0 saturated carbocycles. The predicted molar refractivity (Wildman–Crippen MR) is 88.3 cm³/mol. The Morgan fingerprint density at radius 3 is 2.92 bits per heavy atom. The summed E-state index contributed by atoms with van der Waals surface area (Å²) >= 11 is 0. The zero-order valence-corrected chi connectivity index (χ0v) is 13.8. The van der Waals surface area contributed by atoms with Crippen LogP contribution in [-0.2, 0) is 4.79 Å². The van der Waals surface area contributed by atoms with Gasteiger partial charge in [-0.15, -0.1) is 0 Å². The van der Waals surface area contributed by atoms with Crippen molar-refractivity contribution in [1.82, 2.24) is 10.1 Å². The third kappa shape index (κ3) is 4.26. The van der Waals surface area contributed by atoms with Gasteiger partial charge in [0.1, 0.15) is 18.5 Å². The van der Waals surface area contributed by atoms with E-state index in [1.807, 2.05) is 31.3 Å². The normalized spacial score (nSPS) is 16.2. The zero-order chi connectivity index (χ0) is 16.9. The summed E-state index contributed by atoms with van der Waals surface area (Å²) in [5.74, 6) is 2.55. The van der Waals surface area contributed by atoms with Crippen molar-refractivity contribution < 1.29 is 18.8 Å². The summed E-state index contributed by atoms with van der Waals surface area (Å²) < 4.78 is 16.5. The van der Waals surface area contributed by atoms with Crippen LogP contribution in [0.5, 0.6) is 11.5 Å². The number of benzene rings is 1. The highest BCUT2D eigenvalue weighted by Gasteiger charge is 2.22. The third-order valence-corrected chi connectivity index (χ3v) is 3.70. The summed E-state index contributed by atoms with van der Waals surface area (Å²) in [6, 6.07) is 9.32. The fourth-order valence-corrected chi connectivity index (χ4v) is 2.52. The fraction of sp³-hybridized carbons (Fsp3) is 0.412. The van der Waals surface area contributed by atoms with Gasteiger partial charge >= 0.3 is 0 Å². The molecule has 0 radical (unpaired) electrons. The predicted octanol–water partition coefficient (Wildman–Crippen LogP) is 2.08. The van der Waals surface area contributed by atoms with Crippen LogP contribution in [0.25, 0.3) is 0 Å². The van der Waals surface area contributed by atoms with Crippen molar-refractivity contribution in [2.75, 3.05) is 32.1 Å². The number of carbonyl (C=O) groups is 1. The highest BCUT2D eigenvalue weighted by molar-refractivity contribution is 5.89. The van der Waals surface area contributed by atoms with Crippen molar-refractivity contribution >= 4 is 11.7 Å². The van der Waals surface area contributed by atoms with Crippen LogP contribution in [0.3, 0.4) is 0 Å². The first-order chi connectivity index (χ1) is 11.6. The molecule has 128 valence electrons. The number of rotatable bonds is 6. The number of ether oxygens (including phenoxy) is 2. The molecule has 2 aromatic rings. The van der Waals surface area contributed by atoms with Gasteiger partial charge in [0.2, 0.25) is 5.91 Å². The van der Waals surface area contributed by atoms with Crippen LogP contribution in [0, 0.1) is 6.92 Å². The first kappa shape index (κ1) is 16.3. The van der Waals surface area contributed by atoms with Crippen LogP contribution in [-0.4, -0.2) is 48.8 Å². The molecule has 7 nitrogen and oxygen atoms in total. The first-order valence-corrected chi connectivity index (χ1v) is 7.90. The SMILES string of the molecule is Cc1cc(NC(=O)CCN(C)C[C@@H]2COc3ccccc3O2)no1. The number of nitrogens with one attached hydrogen (secondary N) is 1. The van der Waals surface area contributed by atoms with Gasteiger partial charge < -0.3 is 24.2 Å². The van der Waals surface area contributed by atoms with E-state index in [-0.39, 0.29) is 12.0 Å². The Morgan fingerprint density at radius 1 is 1.38 bits per heavy atom. The van der Waals surface area contributed by atoms with Gasteiger partial charge in [0.25, 0.3) is 0 Å². The lowest BCUT2D eigenvalue weighted by Crippen LogP contribution is -2.40. The standard InChI is InChI=1S/C17H21N3O4/c1-12-9-16(19-24-12)18-17(21)7-8-20(2)10-13-11-22-14-5-3-4-6-15(14)23-13/h3-6,9,13H,7-8,10-11H2,1-2H3,(H,18,19,21)/t13-/m1/s1. The molecule has 0 spiro atoms. The number of nitrogens with zero attached hydrogens (tertiary/aromatic N) is 2. The molecule has 0 fully saturated rings. The van der Waals surface area contributed by atoms with Crippen molar-refractivity contribution in [3.05, 3.63) is 36.1 Å². The number of fused-ring (bicyclic) bond motifs is 1. The van der Waals surface area contributed by atoms with Crippen molar-refractivity contribution in [2.45, 2.75) is 19.4 Å². The minimum atomic E-state index is -0.0960. The Kier molecular flexibility index (Phi) is 5.00. The summed E-state index contributed by atoms with van der Waals surface area (Å²) in [6.07, 6.45) is 0.318. The van der Waals surface area contributed by atoms with Crippen molar-refractivity contribution in [2.24, 2.45) is 0 Å². The summed E-state index contributed by atoms with van der Waals surface area (Å²) in [4.78, 5) is 14.0. The maximum Gasteiger partial charge on any atom is 0.226 e. The molecular weight excluding hydrogens is 310 g/mol. The molecule has 1 aliphatic rings. The molecule has 1 atom stereocenters. The van der Waals surface area contributed by atoms with Gasteiger partial charge in [-0.3, -0.25) is 4.79 Å². The average molecular weight is 331 g/mol. The van der Waals surface area contributed by atoms with Gasteiger partial charge in [-0.25, -0.2) is 0 Å².